The first-order valence-electron chi connectivity index (χ1n) is 7.58. The van der Waals surface area contributed by atoms with Crippen LogP contribution < -0.4 is 0 Å². The smallest absolute Gasteiger partial charge is 0.410 e. The predicted molar refractivity (Wildman–Crippen MR) is 71.5 cm³/mol. The van der Waals surface area contributed by atoms with Gasteiger partial charge in [0.05, 0.1) is 12.5 Å². The lowest BCUT2D eigenvalue weighted by Gasteiger charge is -2.28. The molecule has 0 aromatic carbocycles. The van der Waals surface area contributed by atoms with E-state index in [4.69, 9.17) is 11.3 Å². The van der Waals surface area contributed by atoms with Gasteiger partial charge in [-0.25, -0.2) is 11.4 Å². The number of likely N-dealkylation sites (tertiary alicyclic amines) is 1. The van der Waals surface area contributed by atoms with Crippen molar-refractivity contribution in [1.82, 2.24) is 4.90 Å². The zero-order chi connectivity index (χ0) is 13.2. The minimum Gasteiger partial charge on any atom is -0.449 e. The maximum Gasteiger partial charge on any atom is 0.410 e. The molecule has 1 aliphatic heterocycles. The fraction of sp³-hybridized carbons (Fsp3) is 0.867. The first-order valence-corrected chi connectivity index (χ1v) is 7.58. The van der Waals surface area contributed by atoms with Crippen molar-refractivity contribution < 1.29 is 9.53 Å². The van der Waals surface area contributed by atoms with Gasteiger partial charge in [-0.1, -0.05) is 19.3 Å². The van der Waals surface area contributed by atoms with E-state index < -0.39 is 0 Å². The first-order chi connectivity index (χ1) is 9.28. The van der Waals surface area contributed by atoms with E-state index in [-0.39, 0.29) is 18.2 Å². The van der Waals surface area contributed by atoms with Crippen LogP contribution in [0.2, 0.25) is 0 Å². The summed E-state index contributed by atoms with van der Waals surface area (Å²) in [6.07, 6.45) is 8.03. The van der Waals surface area contributed by atoms with Gasteiger partial charge in [-0.15, -0.1) is 0 Å². The van der Waals surface area contributed by atoms with Crippen LogP contribution in [-0.2, 0) is 4.74 Å². The van der Waals surface area contributed by atoms with Crippen LogP contribution in [0.15, 0.2) is 0 Å². The monoisotopic (exact) mass is 262 g/mol. The van der Waals surface area contributed by atoms with Gasteiger partial charge >= 0.3 is 6.09 Å². The van der Waals surface area contributed by atoms with E-state index in [9.17, 15) is 4.79 Å². The quantitative estimate of drug-likeness (QED) is 0.717. The average Bonchev–Trinajstić information content (AvgIpc) is 3.05. The molecule has 1 saturated heterocycles. The third-order valence-electron chi connectivity index (χ3n) is 5.07. The van der Waals surface area contributed by atoms with Crippen LogP contribution in [0, 0.1) is 18.4 Å². The minimum atomic E-state index is -0.137. The lowest BCUT2D eigenvalue weighted by atomic mass is 9.90. The maximum atomic E-state index is 12.1. The predicted octanol–water partition coefficient (Wildman–Crippen LogP) is 3.09. The molecule has 3 fully saturated rings. The molecule has 0 aromatic rings. The lowest BCUT2D eigenvalue weighted by molar-refractivity contribution is 0.0709. The molecule has 2 bridgehead atoms. The Morgan fingerprint density at radius 2 is 2.05 bits per heavy atom. The molecule has 1 amide bonds. The number of rotatable bonds is 2. The SMILES string of the molecule is [C-]#[N+]C1CC2CC1CN2C(=O)OCC1CCCCC1. The molecule has 19 heavy (non-hydrogen) atoms. The summed E-state index contributed by atoms with van der Waals surface area (Å²) in [4.78, 5) is 17.6. The van der Waals surface area contributed by atoms with Crippen molar-refractivity contribution in [2.75, 3.05) is 13.2 Å². The van der Waals surface area contributed by atoms with Crippen molar-refractivity contribution in [2.24, 2.45) is 11.8 Å². The number of carbonyl (C=O) groups excluding carboxylic acids is 1. The zero-order valence-electron chi connectivity index (χ0n) is 11.4. The Bertz CT molecular complexity index is 384. The number of nitrogens with zero attached hydrogens (tertiary/aromatic N) is 2. The molecule has 3 unspecified atom stereocenters. The number of fused-ring (bicyclic) bond motifs is 2. The Balaban J connectivity index is 1.46. The Hall–Kier alpha value is -1.24. The Morgan fingerprint density at radius 1 is 1.26 bits per heavy atom. The van der Waals surface area contributed by atoms with E-state index >= 15 is 0 Å². The molecular formula is C15H22N2O2. The van der Waals surface area contributed by atoms with Crippen molar-refractivity contribution in [3.63, 3.8) is 0 Å². The van der Waals surface area contributed by atoms with Gasteiger partial charge in [0.1, 0.15) is 0 Å². The van der Waals surface area contributed by atoms with Crippen LogP contribution in [0.25, 0.3) is 4.85 Å². The van der Waals surface area contributed by atoms with E-state index in [2.05, 4.69) is 4.85 Å². The number of hydrogen-bond donors (Lipinski definition) is 0. The fourth-order valence-electron chi connectivity index (χ4n) is 3.93. The van der Waals surface area contributed by atoms with Gasteiger partial charge in [0, 0.05) is 19.0 Å². The highest BCUT2D eigenvalue weighted by Gasteiger charge is 2.50. The van der Waals surface area contributed by atoms with Gasteiger partial charge in [0.2, 0.25) is 6.04 Å². The van der Waals surface area contributed by atoms with Gasteiger partial charge in [-0.05, 0) is 25.2 Å². The topological polar surface area (TPSA) is 33.9 Å². The second-order valence-electron chi connectivity index (χ2n) is 6.32. The van der Waals surface area contributed by atoms with Gasteiger partial charge in [0.15, 0.2) is 0 Å². The van der Waals surface area contributed by atoms with Crippen molar-refractivity contribution in [1.29, 1.82) is 0 Å². The van der Waals surface area contributed by atoms with Crippen molar-refractivity contribution >= 4 is 6.09 Å². The molecule has 104 valence electrons. The molecule has 4 heteroatoms. The fourth-order valence-corrected chi connectivity index (χ4v) is 3.93. The number of ether oxygens (including phenoxy) is 1. The first kappa shape index (κ1) is 12.8. The van der Waals surface area contributed by atoms with Gasteiger partial charge in [-0.2, -0.15) is 0 Å². The average molecular weight is 262 g/mol. The number of hydrogen-bond acceptors (Lipinski definition) is 2. The van der Waals surface area contributed by atoms with E-state index in [1.165, 1.54) is 32.1 Å². The highest BCUT2D eigenvalue weighted by molar-refractivity contribution is 5.68. The van der Waals surface area contributed by atoms with Crippen LogP contribution in [0.1, 0.15) is 44.9 Å². The Kier molecular flexibility index (Phi) is 3.63. The summed E-state index contributed by atoms with van der Waals surface area (Å²) in [6, 6.07) is 0.412. The summed E-state index contributed by atoms with van der Waals surface area (Å²) in [5.74, 6) is 0.971. The number of piperidine rings is 1. The Labute approximate surface area is 114 Å². The molecule has 3 aliphatic rings. The third-order valence-corrected chi connectivity index (χ3v) is 5.07. The van der Waals surface area contributed by atoms with E-state index in [1.807, 2.05) is 4.90 Å². The minimum absolute atomic E-state index is 0.137. The van der Waals surface area contributed by atoms with Gasteiger partial charge < -0.3 is 14.5 Å². The molecule has 4 nitrogen and oxygen atoms in total. The molecule has 3 atom stereocenters. The standard InChI is InChI=1S/C15H22N2O2/c1-16-14-8-13-7-12(14)9-17(13)15(18)19-10-11-5-3-2-4-6-11/h11-14H,2-10H2. The van der Waals surface area contributed by atoms with E-state index in [1.54, 1.807) is 0 Å². The molecule has 0 aromatic heterocycles. The number of amides is 1. The molecule has 2 saturated carbocycles. The highest BCUT2D eigenvalue weighted by Crippen LogP contribution is 2.39. The summed E-state index contributed by atoms with van der Waals surface area (Å²) in [7, 11) is 0. The van der Waals surface area contributed by atoms with Crippen molar-refractivity contribution in [3.05, 3.63) is 11.4 Å². The third kappa shape index (κ3) is 2.56. The molecule has 0 N–H and O–H groups in total. The molecule has 0 spiro atoms. The van der Waals surface area contributed by atoms with Crippen LogP contribution >= 0.6 is 0 Å². The van der Waals surface area contributed by atoms with Crippen LogP contribution in [-0.4, -0.2) is 36.2 Å². The van der Waals surface area contributed by atoms with Gasteiger partial charge in [-0.3, -0.25) is 0 Å². The van der Waals surface area contributed by atoms with Crippen LogP contribution in [0.4, 0.5) is 4.79 Å². The summed E-state index contributed by atoms with van der Waals surface area (Å²) in [5, 5.41) is 0. The van der Waals surface area contributed by atoms with Crippen molar-refractivity contribution in [3.8, 4) is 0 Å². The zero-order valence-corrected chi connectivity index (χ0v) is 11.4. The molecule has 2 aliphatic carbocycles. The van der Waals surface area contributed by atoms with E-state index in [0.29, 0.717) is 18.4 Å². The molecular weight excluding hydrogens is 240 g/mol. The second kappa shape index (κ2) is 5.40. The molecule has 0 radical (unpaired) electrons. The normalized spacial score (nSPS) is 34.3. The largest absolute Gasteiger partial charge is 0.449 e. The number of carbonyl (C=O) groups is 1. The summed E-state index contributed by atoms with van der Waals surface area (Å²) in [6.45, 7) is 8.47. The van der Waals surface area contributed by atoms with Crippen LogP contribution in [0.5, 0.6) is 0 Å². The molecule has 3 rings (SSSR count). The Morgan fingerprint density at radius 3 is 2.68 bits per heavy atom. The summed E-state index contributed by atoms with van der Waals surface area (Å²) in [5.41, 5.74) is 0. The summed E-state index contributed by atoms with van der Waals surface area (Å²) < 4.78 is 5.50. The van der Waals surface area contributed by atoms with Crippen LogP contribution in [0.3, 0.4) is 0 Å². The highest BCUT2D eigenvalue weighted by atomic mass is 16.6. The lowest BCUT2D eigenvalue weighted by Crippen LogP contribution is -2.41. The van der Waals surface area contributed by atoms with Gasteiger partial charge in [0.25, 0.3) is 0 Å². The second-order valence-corrected chi connectivity index (χ2v) is 6.32. The van der Waals surface area contributed by atoms with Crippen molar-refractivity contribution in [2.45, 2.75) is 57.0 Å². The van der Waals surface area contributed by atoms with E-state index in [0.717, 1.165) is 19.4 Å². The maximum absolute atomic E-state index is 12.1. The summed E-state index contributed by atoms with van der Waals surface area (Å²) >= 11 is 0. The molecule has 1 heterocycles.